The maximum absolute atomic E-state index is 12.1. The first-order valence-electron chi connectivity index (χ1n) is 8.88. The number of nitrogens with one attached hydrogen (secondary N) is 1. The Labute approximate surface area is 130 Å². The number of hydrogen-bond acceptors (Lipinski definition) is 3. The maximum atomic E-state index is 12.1. The van der Waals surface area contributed by atoms with Crippen molar-refractivity contribution in [1.29, 1.82) is 0 Å². The Balaban J connectivity index is 1.63. The summed E-state index contributed by atoms with van der Waals surface area (Å²) in [5.41, 5.74) is 0. The van der Waals surface area contributed by atoms with Gasteiger partial charge in [0.25, 0.3) is 0 Å². The predicted molar refractivity (Wildman–Crippen MR) is 87.4 cm³/mol. The maximum Gasteiger partial charge on any atom is 0.234 e. The van der Waals surface area contributed by atoms with Gasteiger partial charge in [0.2, 0.25) is 5.91 Å². The van der Waals surface area contributed by atoms with Gasteiger partial charge < -0.3 is 10.2 Å². The number of amides is 1. The third-order valence-corrected chi connectivity index (χ3v) is 4.95. The summed E-state index contributed by atoms with van der Waals surface area (Å²) in [5.74, 6) is 0.863. The summed E-state index contributed by atoms with van der Waals surface area (Å²) in [5, 5.41) is 3.16. The minimum absolute atomic E-state index is 0.221. The van der Waals surface area contributed by atoms with Crippen LogP contribution >= 0.6 is 0 Å². The quantitative estimate of drug-likeness (QED) is 0.844. The second-order valence-corrected chi connectivity index (χ2v) is 7.09. The van der Waals surface area contributed by atoms with Crippen LogP contribution in [0.1, 0.15) is 52.4 Å². The van der Waals surface area contributed by atoms with E-state index in [1.54, 1.807) is 0 Å². The van der Waals surface area contributed by atoms with Gasteiger partial charge in [0.1, 0.15) is 0 Å². The number of carbonyl (C=O) groups excluding carboxylic acids is 1. The number of nitrogens with zero attached hydrogens (tertiary/aromatic N) is 2. The van der Waals surface area contributed by atoms with Crippen LogP contribution in [0, 0.1) is 5.92 Å². The van der Waals surface area contributed by atoms with Crippen molar-refractivity contribution in [1.82, 2.24) is 15.1 Å². The Bertz CT molecular complexity index is 311. The fourth-order valence-corrected chi connectivity index (χ4v) is 3.49. The number of carbonyl (C=O) groups is 1. The van der Waals surface area contributed by atoms with E-state index in [0.717, 1.165) is 26.2 Å². The van der Waals surface area contributed by atoms with Gasteiger partial charge in [0, 0.05) is 19.1 Å². The molecule has 1 atom stereocenters. The first kappa shape index (κ1) is 16.8. The zero-order valence-electron chi connectivity index (χ0n) is 13.9. The van der Waals surface area contributed by atoms with Crippen molar-refractivity contribution in [2.24, 2.45) is 5.92 Å². The molecule has 2 rings (SSSR count). The zero-order chi connectivity index (χ0) is 15.1. The summed E-state index contributed by atoms with van der Waals surface area (Å²) < 4.78 is 0. The lowest BCUT2D eigenvalue weighted by Crippen LogP contribution is -2.40. The molecule has 0 aliphatic carbocycles. The minimum Gasteiger partial charge on any atom is -0.355 e. The third kappa shape index (κ3) is 5.95. The number of hydrogen-bond donors (Lipinski definition) is 1. The van der Waals surface area contributed by atoms with Crippen LogP contribution in [0.3, 0.4) is 0 Å². The Hall–Kier alpha value is -0.610. The molecule has 0 bridgehead atoms. The molecule has 0 aromatic rings. The van der Waals surface area contributed by atoms with Crippen molar-refractivity contribution in [3.05, 3.63) is 0 Å². The van der Waals surface area contributed by atoms with Crippen LogP contribution in [-0.2, 0) is 4.79 Å². The van der Waals surface area contributed by atoms with Gasteiger partial charge in [0.15, 0.2) is 0 Å². The minimum atomic E-state index is 0.221. The van der Waals surface area contributed by atoms with E-state index in [1.807, 2.05) is 0 Å². The highest BCUT2D eigenvalue weighted by Gasteiger charge is 2.24. The van der Waals surface area contributed by atoms with Crippen molar-refractivity contribution in [2.45, 2.75) is 58.4 Å². The first-order valence-corrected chi connectivity index (χ1v) is 8.88. The van der Waals surface area contributed by atoms with Gasteiger partial charge >= 0.3 is 0 Å². The highest BCUT2D eigenvalue weighted by Crippen LogP contribution is 2.17. The lowest BCUT2D eigenvalue weighted by Gasteiger charge is -2.24. The van der Waals surface area contributed by atoms with Gasteiger partial charge in [-0.25, -0.2) is 0 Å². The number of likely N-dealkylation sites (tertiary alicyclic amines) is 2. The molecule has 0 saturated carbocycles. The van der Waals surface area contributed by atoms with Crippen molar-refractivity contribution in [3.63, 3.8) is 0 Å². The molecule has 1 amide bonds. The van der Waals surface area contributed by atoms with E-state index in [-0.39, 0.29) is 5.91 Å². The molecule has 21 heavy (non-hydrogen) atoms. The summed E-state index contributed by atoms with van der Waals surface area (Å²) in [6.45, 7) is 10.5. The summed E-state index contributed by atoms with van der Waals surface area (Å²) in [7, 11) is 0. The Morgan fingerprint density at radius 1 is 1.10 bits per heavy atom. The van der Waals surface area contributed by atoms with Gasteiger partial charge in [-0.05, 0) is 58.7 Å². The number of rotatable bonds is 5. The average Bonchev–Trinajstić information content (AvgIpc) is 2.88. The molecule has 122 valence electrons. The van der Waals surface area contributed by atoms with E-state index >= 15 is 0 Å². The monoisotopic (exact) mass is 295 g/mol. The second-order valence-electron chi connectivity index (χ2n) is 7.09. The fourth-order valence-electron chi connectivity index (χ4n) is 3.49. The average molecular weight is 295 g/mol. The molecule has 4 nitrogen and oxygen atoms in total. The third-order valence-electron chi connectivity index (χ3n) is 4.95. The van der Waals surface area contributed by atoms with E-state index < -0.39 is 0 Å². The molecule has 2 saturated heterocycles. The molecular formula is C17H33N3O. The predicted octanol–water partition coefficient (Wildman–Crippen LogP) is 2.10. The molecule has 0 aromatic heterocycles. The van der Waals surface area contributed by atoms with Gasteiger partial charge in [-0.3, -0.25) is 9.69 Å². The van der Waals surface area contributed by atoms with Crippen LogP contribution in [0.15, 0.2) is 0 Å². The highest BCUT2D eigenvalue weighted by atomic mass is 16.2. The standard InChI is InChI=1S/C17H33N3O/c1-15(2)20-11-8-16(13-20)12-18-17(21)14-19-9-6-4-3-5-7-10-19/h15-16H,3-14H2,1-2H3,(H,18,21)/t16-/m1/s1. The van der Waals surface area contributed by atoms with Gasteiger partial charge in [0.05, 0.1) is 6.54 Å². The smallest absolute Gasteiger partial charge is 0.234 e. The molecule has 2 fully saturated rings. The summed E-state index contributed by atoms with van der Waals surface area (Å²) in [6, 6.07) is 0.631. The molecule has 1 N–H and O–H groups in total. The van der Waals surface area contributed by atoms with E-state index in [1.165, 1.54) is 45.1 Å². The molecule has 2 aliphatic rings. The molecule has 4 heteroatoms. The Kier molecular flexibility index (Phi) is 6.97. The van der Waals surface area contributed by atoms with Crippen LogP contribution in [0.5, 0.6) is 0 Å². The Morgan fingerprint density at radius 2 is 1.76 bits per heavy atom. The van der Waals surface area contributed by atoms with Crippen molar-refractivity contribution < 1.29 is 4.79 Å². The topological polar surface area (TPSA) is 35.6 Å². The lowest BCUT2D eigenvalue weighted by molar-refractivity contribution is -0.122. The van der Waals surface area contributed by atoms with Crippen LogP contribution in [0.4, 0.5) is 0 Å². The van der Waals surface area contributed by atoms with Crippen molar-refractivity contribution in [3.8, 4) is 0 Å². The van der Waals surface area contributed by atoms with E-state index in [0.29, 0.717) is 18.5 Å². The molecule has 0 unspecified atom stereocenters. The fraction of sp³-hybridized carbons (Fsp3) is 0.941. The second kappa shape index (κ2) is 8.74. The van der Waals surface area contributed by atoms with E-state index in [9.17, 15) is 4.79 Å². The molecule has 0 radical (unpaired) electrons. The van der Waals surface area contributed by atoms with Crippen molar-refractivity contribution >= 4 is 5.91 Å². The van der Waals surface area contributed by atoms with Crippen LogP contribution in [-0.4, -0.2) is 61.0 Å². The molecule has 0 aromatic carbocycles. The Morgan fingerprint density at radius 3 is 2.38 bits per heavy atom. The molecule has 2 aliphatic heterocycles. The van der Waals surface area contributed by atoms with Gasteiger partial charge in [-0.1, -0.05) is 19.3 Å². The SMILES string of the molecule is CC(C)N1CC[C@H](CNC(=O)CN2CCCCCCC2)C1. The van der Waals surface area contributed by atoms with Crippen LogP contribution in [0.25, 0.3) is 0 Å². The van der Waals surface area contributed by atoms with E-state index in [2.05, 4.69) is 29.0 Å². The van der Waals surface area contributed by atoms with Gasteiger partial charge in [-0.2, -0.15) is 0 Å². The summed E-state index contributed by atoms with van der Waals surface area (Å²) in [6.07, 6.45) is 7.74. The first-order chi connectivity index (χ1) is 10.1. The van der Waals surface area contributed by atoms with Gasteiger partial charge in [-0.15, -0.1) is 0 Å². The van der Waals surface area contributed by atoms with E-state index in [4.69, 9.17) is 0 Å². The summed E-state index contributed by atoms with van der Waals surface area (Å²) >= 11 is 0. The highest BCUT2D eigenvalue weighted by molar-refractivity contribution is 5.78. The normalized spacial score (nSPS) is 25.8. The zero-order valence-corrected chi connectivity index (χ0v) is 13.9. The van der Waals surface area contributed by atoms with Crippen molar-refractivity contribution in [2.75, 3.05) is 39.3 Å². The molecule has 0 spiro atoms. The molecular weight excluding hydrogens is 262 g/mol. The van der Waals surface area contributed by atoms with Crippen LogP contribution in [0.2, 0.25) is 0 Å². The largest absolute Gasteiger partial charge is 0.355 e. The molecule has 2 heterocycles. The lowest BCUT2D eigenvalue weighted by atomic mass is 10.1. The van der Waals surface area contributed by atoms with Crippen LogP contribution < -0.4 is 5.32 Å². The summed E-state index contributed by atoms with van der Waals surface area (Å²) in [4.78, 5) is 17.0.